The molecule has 2 atom stereocenters. The second-order valence-electron chi connectivity index (χ2n) is 13.8. The normalized spacial score (nSPS) is 19.2. The summed E-state index contributed by atoms with van der Waals surface area (Å²) in [5, 5.41) is 2.76. The summed E-state index contributed by atoms with van der Waals surface area (Å²) >= 11 is 0. The summed E-state index contributed by atoms with van der Waals surface area (Å²) < 4.78 is 41.9. The van der Waals surface area contributed by atoms with Crippen LogP contribution in [0.25, 0.3) is 34.4 Å². The van der Waals surface area contributed by atoms with Crippen LogP contribution in [0.5, 0.6) is 11.5 Å². The molecule has 4 nitrogen and oxygen atoms in total. The van der Waals surface area contributed by atoms with Crippen molar-refractivity contribution in [1.82, 2.24) is 0 Å². The summed E-state index contributed by atoms with van der Waals surface area (Å²) in [6.07, 6.45) is 4.03. The fourth-order valence-corrected chi connectivity index (χ4v) is 11.2. The van der Waals surface area contributed by atoms with Crippen LogP contribution < -0.4 is 30.3 Å². The van der Waals surface area contributed by atoms with Gasteiger partial charge in [-0.1, -0.05) is 117 Å². The van der Waals surface area contributed by atoms with Gasteiger partial charge in [0, 0.05) is 11.1 Å². The molecule has 0 N–H and O–H groups in total. The van der Waals surface area contributed by atoms with Crippen LogP contribution >= 0.6 is 14.7 Å². The summed E-state index contributed by atoms with van der Waals surface area (Å²) in [7, 11) is -6.73. The third-order valence-electron chi connectivity index (χ3n) is 9.39. The van der Waals surface area contributed by atoms with Crippen molar-refractivity contribution in [2.45, 2.75) is 33.1 Å². The van der Waals surface area contributed by atoms with E-state index in [4.69, 9.17) is 9.05 Å². The maximum absolute atomic E-state index is 14.8. The van der Waals surface area contributed by atoms with Gasteiger partial charge in [0.15, 0.2) is 0 Å². The van der Waals surface area contributed by atoms with E-state index in [1.165, 1.54) is 5.56 Å². The van der Waals surface area contributed by atoms with Crippen molar-refractivity contribution in [3.05, 3.63) is 156 Å². The van der Waals surface area contributed by atoms with Crippen molar-refractivity contribution in [3.63, 3.8) is 0 Å². The standard InChI is InChI=1S/C43H36O4P2/c1-29-13-25-37-38-28-32(43(2,3)4)20-26-40(38)47-49(45,42(37)27-29)34-23-18-31(19-24-34)15-14-30-16-21-33(22-17-30)48(44)41-12-8-6-10-36(41)35-9-5-7-11-39(35)46-48/h5-28H,1-4H3/b15-14+. The van der Waals surface area contributed by atoms with Gasteiger partial charge in [0.1, 0.15) is 11.5 Å². The number of benzene rings is 6. The van der Waals surface area contributed by atoms with Gasteiger partial charge in [-0.2, -0.15) is 0 Å². The molecule has 2 heterocycles. The minimum atomic E-state index is -3.40. The van der Waals surface area contributed by atoms with Crippen molar-refractivity contribution in [3.8, 4) is 33.8 Å². The first-order valence-corrected chi connectivity index (χ1v) is 19.7. The quantitative estimate of drug-likeness (QED) is 0.138. The topological polar surface area (TPSA) is 52.6 Å². The highest BCUT2D eigenvalue weighted by molar-refractivity contribution is 7.75. The second kappa shape index (κ2) is 11.6. The third-order valence-corrected chi connectivity index (χ3v) is 14.3. The molecule has 49 heavy (non-hydrogen) atoms. The van der Waals surface area contributed by atoms with Crippen molar-refractivity contribution >= 4 is 48.1 Å². The highest BCUT2D eigenvalue weighted by Crippen LogP contribution is 2.55. The molecule has 6 aromatic rings. The molecule has 6 aromatic carbocycles. The van der Waals surface area contributed by atoms with Gasteiger partial charge < -0.3 is 9.05 Å². The van der Waals surface area contributed by atoms with Gasteiger partial charge in [0.25, 0.3) is 0 Å². The molecule has 0 saturated heterocycles. The van der Waals surface area contributed by atoms with Crippen LogP contribution in [-0.2, 0) is 14.5 Å². The lowest BCUT2D eigenvalue weighted by Gasteiger charge is -2.31. The SMILES string of the molecule is Cc1ccc2c(c1)P(=O)(c1ccc(/C=C/c3ccc(P4(=O)Oc5ccccc5-c5ccccc54)cc3)cc1)Oc1ccc(C(C)(C)C)cc1-2. The molecule has 8 rings (SSSR count). The van der Waals surface area contributed by atoms with Crippen LogP contribution in [0.15, 0.2) is 133 Å². The summed E-state index contributed by atoms with van der Waals surface area (Å²) in [5.41, 5.74) is 7.99. The molecule has 2 aliphatic heterocycles. The van der Waals surface area contributed by atoms with E-state index < -0.39 is 14.7 Å². The smallest absolute Gasteiger partial charge is 0.307 e. The predicted octanol–water partition coefficient (Wildman–Crippen LogP) is 10.0. The first kappa shape index (κ1) is 31.4. The highest BCUT2D eigenvalue weighted by Gasteiger charge is 2.39. The maximum Gasteiger partial charge on any atom is 0.307 e. The Hall–Kier alpha value is -4.88. The van der Waals surface area contributed by atoms with Crippen molar-refractivity contribution in [2.24, 2.45) is 0 Å². The fourth-order valence-electron chi connectivity index (χ4n) is 6.64. The van der Waals surface area contributed by atoms with E-state index in [1.54, 1.807) is 0 Å². The van der Waals surface area contributed by atoms with E-state index >= 15 is 0 Å². The molecular formula is C43H36O4P2. The summed E-state index contributed by atoms with van der Waals surface area (Å²) in [4.78, 5) is 0. The molecule has 0 aliphatic carbocycles. The summed E-state index contributed by atoms with van der Waals surface area (Å²) in [6, 6.07) is 43.3. The number of hydrogen-bond acceptors (Lipinski definition) is 4. The second-order valence-corrected chi connectivity index (χ2v) is 18.4. The highest BCUT2D eigenvalue weighted by atomic mass is 31.2. The van der Waals surface area contributed by atoms with Crippen LogP contribution in [0.4, 0.5) is 0 Å². The Morgan fingerprint density at radius 2 is 1.04 bits per heavy atom. The molecule has 0 radical (unpaired) electrons. The monoisotopic (exact) mass is 678 g/mol. The average molecular weight is 679 g/mol. The van der Waals surface area contributed by atoms with Gasteiger partial charge in [0.05, 0.1) is 21.2 Å². The molecule has 242 valence electrons. The molecule has 0 bridgehead atoms. The van der Waals surface area contributed by atoms with Crippen LogP contribution in [0.1, 0.15) is 43.0 Å². The molecule has 0 amide bonds. The Bertz CT molecular complexity index is 2380. The number of rotatable bonds is 4. The Balaban J connectivity index is 1.06. The average Bonchev–Trinajstić information content (AvgIpc) is 3.11. The number of para-hydroxylation sites is 1. The number of fused-ring (bicyclic) bond motifs is 6. The Labute approximate surface area is 288 Å². The molecule has 0 fully saturated rings. The minimum Gasteiger partial charge on any atom is -0.436 e. The van der Waals surface area contributed by atoms with Crippen molar-refractivity contribution in [1.29, 1.82) is 0 Å². The zero-order valence-corrected chi connectivity index (χ0v) is 29.7. The number of hydrogen-bond donors (Lipinski definition) is 0. The first-order chi connectivity index (χ1) is 23.5. The van der Waals surface area contributed by atoms with Gasteiger partial charge >= 0.3 is 14.7 Å². The molecule has 2 unspecified atom stereocenters. The third kappa shape index (κ3) is 5.41. The first-order valence-electron chi connectivity index (χ1n) is 16.5. The van der Waals surface area contributed by atoms with E-state index in [0.29, 0.717) is 27.4 Å². The van der Waals surface area contributed by atoms with E-state index in [0.717, 1.165) is 44.2 Å². The zero-order valence-electron chi connectivity index (χ0n) is 27.9. The fraction of sp³-hybridized carbons (Fsp3) is 0.116. The Morgan fingerprint density at radius 3 is 1.67 bits per heavy atom. The van der Waals surface area contributed by atoms with E-state index in [2.05, 4.69) is 45.0 Å². The van der Waals surface area contributed by atoms with Crippen molar-refractivity contribution < 1.29 is 18.2 Å². The number of aryl methyl sites for hydroxylation is 1. The van der Waals surface area contributed by atoms with Gasteiger partial charge in [0.2, 0.25) is 0 Å². The van der Waals surface area contributed by atoms with Gasteiger partial charge in [-0.15, -0.1) is 0 Å². The molecule has 6 heteroatoms. The lowest BCUT2D eigenvalue weighted by Crippen LogP contribution is -2.26. The molecule has 2 aliphatic rings. The Kier molecular flexibility index (Phi) is 7.45. The Morgan fingerprint density at radius 1 is 0.510 bits per heavy atom. The predicted molar refractivity (Wildman–Crippen MR) is 204 cm³/mol. The summed E-state index contributed by atoms with van der Waals surface area (Å²) in [5.74, 6) is 1.28. The molecule has 0 aromatic heterocycles. The maximum atomic E-state index is 14.8. The van der Waals surface area contributed by atoms with Crippen LogP contribution in [0, 0.1) is 6.92 Å². The van der Waals surface area contributed by atoms with Crippen LogP contribution in [0.2, 0.25) is 0 Å². The lowest BCUT2D eigenvalue weighted by molar-refractivity contribution is 0.500. The lowest BCUT2D eigenvalue weighted by atomic mass is 9.85. The van der Waals surface area contributed by atoms with Gasteiger partial charge in [-0.3, -0.25) is 9.13 Å². The van der Waals surface area contributed by atoms with E-state index in [9.17, 15) is 9.13 Å². The van der Waals surface area contributed by atoms with Gasteiger partial charge in [-0.05, 0) is 94.8 Å². The van der Waals surface area contributed by atoms with E-state index in [-0.39, 0.29) is 5.41 Å². The molecule has 0 spiro atoms. The molecular weight excluding hydrogens is 642 g/mol. The largest absolute Gasteiger partial charge is 0.436 e. The summed E-state index contributed by atoms with van der Waals surface area (Å²) in [6.45, 7) is 8.60. The van der Waals surface area contributed by atoms with Crippen LogP contribution in [-0.4, -0.2) is 0 Å². The van der Waals surface area contributed by atoms with Gasteiger partial charge in [-0.25, -0.2) is 0 Å². The van der Waals surface area contributed by atoms with Crippen molar-refractivity contribution in [2.75, 3.05) is 0 Å². The van der Waals surface area contributed by atoms with Crippen LogP contribution in [0.3, 0.4) is 0 Å². The molecule has 0 saturated carbocycles. The zero-order chi connectivity index (χ0) is 34.0. The van der Waals surface area contributed by atoms with E-state index in [1.807, 2.05) is 128 Å². The minimum absolute atomic E-state index is 0.0189.